The molecule has 0 aliphatic carbocycles. The summed E-state index contributed by atoms with van der Waals surface area (Å²) in [6, 6.07) is 6.00. The van der Waals surface area contributed by atoms with Crippen molar-refractivity contribution < 1.29 is 4.79 Å². The molecule has 1 aromatic heterocycles. The Balaban J connectivity index is 1.57. The number of hydrogen-bond donors (Lipinski definition) is 2. The Labute approximate surface area is 111 Å². The van der Waals surface area contributed by atoms with E-state index >= 15 is 0 Å². The summed E-state index contributed by atoms with van der Waals surface area (Å²) in [4.78, 5) is 15.8. The van der Waals surface area contributed by atoms with E-state index in [1.54, 1.807) is 12.5 Å². The van der Waals surface area contributed by atoms with Gasteiger partial charge < -0.3 is 15.2 Å². The molecule has 2 aromatic rings. The van der Waals surface area contributed by atoms with Gasteiger partial charge in [0.25, 0.3) is 0 Å². The van der Waals surface area contributed by atoms with Crippen LogP contribution in [0.5, 0.6) is 0 Å². The first kappa shape index (κ1) is 11.8. The number of aryl methyl sites for hydroxylation is 1. The summed E-state index contributed by atoms with van der Waals surface area (Å²) in [5.74, 6) is 0.0274. The molecule has 5 heteroatoms. The first-order valence-corrected chi connectivity index (χ1v) is 6.44. The van der Waals surface area contributed by atoms with Crippen LogP contribution in [0.4, 0.5) is 11.4 Å². The SMILES string of the molecule is O=C(CCn1ccnc1)Nc1ccc2c(c1)CCN2. The monoisotopic (exact) mass is 256 g/mol. The molecule has 19 heavy (non-hydrogen) atoms. The summed E-state index contributed by atoms with van der Waals surface area (Å²) in [5, 5.41) is 6.23. The van der Waals surface area contributed by atoms with Crippen molar-refractivity contribution in [1.29, 1.82) is 0 Å². The highest BCUT2D eigenvalue weighted by Gasteiger charge is 2.11. The quantitative estimate of drug-likeness (QED) is 0.878. The minimum atomic E-state index is 0.0274. The molecule has 98 valence electrons. The van der Waals surface area contributed by atoms with Crippen molar-refractivity contribution in [1.82, 2.24) is 9.55 Å². The Kier molecular flexibility index (Phi) is 3.18. The number of nitrogens with one attached hydrogen (secondary N) is 2. The topological polar surface area (TPSA) is 59.0 Å². The van der Waals surface area contributed by atoms with Crippen LogP contribution in [0.3, 0.4) is 0 Å². The smallest absolute Gasteiger partial charge is 0.226 e. The zero-order chi connectivity index (χ0) is 13.1. The van der Waals surface area contributed by atoms with Gasteiger partial charge in [-0.15, -0.1) is 0 Å². The molecule has 0 spiro atoms. The lowest BCUT2D eigenvalue weighted by Gasteiger charge is -2.07. The molecule has 1 aliphatic heterocycles. The number of rotatable bonds is 4. The third-order valence-electron chi connectivity index (χ3n) is 3.26. The third kappa shape index (κ3) is 2.76. The Morgan fingerprint density at radius 3 is 3.26 bits per heavy atom. The van der Waals surface area contributed by atoms with Crippen molar-refractivity contribution in [3.05, 3.63) is 42.5 Å². The zero-order valence-corrected chi connectivity index (χ0v) is 10.6. The lowest BCUT2D eigenvalue weighted by molar-refractivity contribution is -0.116. The van der Waals surface area contributed by atoms with E-state index in [1.165, 1.54) is 11.3 Å². The predicted molar refractivity (Wildman–Crippen MR) is 74.1 cm³/mol. The molecule has 2 heterocycles. The van der Waals surface area contributed by atoms with Crippen molar-refractivity contribution >= 4 is 17.3 Å². The fraction of sp³-hybridized carbons (Fsp3) is 0.286. The molecule has 0 fully saturated rings. The molecule has 0 atom stereocenters. The highest BCUT2D eigenvalue weighted by molar-refractivity contribution is 5.91. The van der Waals surface area contributed by atoms with E-state index in [0.29, 0.717) is 13.0 Å². The number of imidazole rings is 1. The van der Waals surface area contributed by atoms with Gasteiger partial charge in [0.15, 0.2) is 0 Å². The van der Waals surface area contributed by atoms with Crippen LogP contribution < -0.4 is 10.6 Å². The largest absolute Gasteiger partial charge is 0.384 e. The number of aromatic nitrogens is 2. The summed E-state index contributed by atoms with van der Waals surface area (Å²) in [6.07, 6.45) is 6.76. The van der Waals surface area contributed by atoms with E-state index < -0.39 is 0 Å². The van der Waals surface area contributed by atoms with Crippen molar-refractivity contribution in [2.75, 3.05) is 17.2 Å². The van der Waals surface area contributed by atoms with Crippen LogP contribution in [-0.4, -0.2) is 22.0 Å². The van der Waals surface area contributed by atoms with Crippen LogP contribution in [-0.2, 0) is 17.8 Å². The molecule has 0 unspecified atom stereocenters. The second-order valence-electron chi connectivity index (χ2n) is 4.65. The van der Waals surface area contributed by atoms with Crippen LogP contribution in [0.15, 0.2) is 36.9 Å². The fourth-order valence-electron chi connectivity index (χ4n) is 2.26. The van der Waals surface area contributed by atoms with Crippen molar-refractivity contribution in [2.45, 2.75) is 19.4 Å². The standard InChI is InChI=1S/C14H16N4O/c19-14(4-7-18-8-6-15-10-18)17-12-1-2-13-11(9-12)3-5-16-13/h1-2,6,8-10,16H,3-5,7H2,(H,17,19). The third-order valence-corrected chi connectivity index (χ3v) is 3.26. The molecule has 1 aromatic carbocycles. The van der Waals surface area contributed by atoms with Gasteiger partial charge in [-0.25, -0.2) is 4.98 Å². The first-order chi connectivity index (χ1) is 9.31. The van der Waals surface area contributed by atoms with E-state index in [9.17, 15) is 4.79 Å². The molecule has 5 nitrogen and oxygen atoms in total. The van der Waals surface area contributed by atoms with Crippen LogP contribution in [0, 0.1) is 0 Å². The summed E-state index contributed by atoms with van der Waals surface area (Å²) in [6.45, 7) is 1.63. The summed E-state index contributed by atoms with van der Waals surface area (Å²) >= 11 is 0. The molecular weight excluding hydrogens is 240 g/mol. The predicted octanol–water partition coefficient (Wildman–Crippen LogP) is 1.88. The molecular formula is C14H16N4O. The normalized spacial score (nSPS) is 12.8. The maximum absolute atomic E-state index is 11.8. The van der Waals surface area contributed by atoms with Gasteiger partial charge in [0.05, 0.1) is 6.33 Å². The highest BCUT2D eigenvalue weighted by atomic mass is 16.1. The lowest BCUT2D eigenvalue weighted by atomic mass is 10.1. The van der Waals surface area contributed by atoms with Crippen molar-refractivity contribution in [3.63, 3.8) is 0 Å². The lowest BCUT2D eigenvalue weighted by Crippen LogP contribution is -2.14. The summed E-state index contributed by atoms with van der Waals surface area (Å²) in [7, 11) is 0. The molecule has 0 saturated heterocycles. The maximum Gasteiger partial charge on any atom is 0.226 e. The second kappa shape index (κ2) is 5.14. The Morgan fingerprint density at radius 2 is 2.42 bits per heavy atom. The molecule has 0 radical (unpaired) electrons. The second-order valence-corrected chi connectivity index (χ2v) is 4.65. The van der Waals surface area contributed by atoms with Gasteiger partial charge in [0.2, 0.25) is 5.91 Å². The minimum absolute atomic E-state index is 0.0274. The van der Waals surface area contributed by atoms with Gasteiger partial charge in [-0.1, -0.05) is 0 Å². The number of hydrogen-bond acceptors (Lipinski definition) is 3. The summed E-state index contributed by atoms with van der Waals surface area (Å²) in [5.41, 5.74) is 3.32. The number of amides is 1. The number of benzene rings is 1. The van der Waals surface area contributed by atoms with Crippen LogP contribution in [0.1, 0.15) is 12.0 Å². The highest BCUT2D eigenvalue weighted by Crippen LogP contribution is 2.25. The van der Waals surface area contributed by atoms with Gasteiger partial charge in [0, 0.05) is 43.3 Å². The van der Waals surface area contributed by atoms with Crippen molar-refractivity contribution in [2.24, 2.45) is 0 Å². The Morgan fingerprint density at radius 1 is 1.47 bits per heavy atom. The maximum atomic E-state index is 11.8. The van der Waals surface area contributed by atoms with E-state index in [0.717, 1.165) is 18.7 Å². The number of fused-ring (bicyclic) bond motifs is 1. The molecule has 1 amide bonds. The molecule has 3 rings (SSSR count). The Bertz CT molecular complexity index is 577. The minimum Gasteiger partial charge on any atom is -0.384 e. The molecule has 2 N–H and O–H groups in total. The number of carbonyl (C=O) groups is 1. The van der Waals surface area contributed by atoms with E-state index in [-0.39, 0.29) is 5.91 Å². The van der Waals surface area contributed by atoms with E-state index in [2.05, 4.69) is 15.6 Å². The number of carbonyl (C=O) groups excluding carboxylic acids is 1. The van der Waals surface area contributed by atoms with Gasteiger partial charge >= 0.3 is 0 Å². The first-order valence-electron chi connectivity index (χ1n) is 6.44. The zero-order valence-electron chi connectivity index (χ0n) is 10.6. The molecule has 0 bridgehead atoms. The van der Waals surface area contributed by atoms with Gasteiger partial charge in [-0.2, -0.15) is 0 Å². The van der Waals surface area contributed by atoms with Crippen LogP contribution in [0.2, 0.25) is 0 Å². The van der Waals surface area contributed by atoms with E-state index in [1.807, 2.05) is 29.0 Å². The van der Waals surface area contributed by atoms with Crippen LogP contribution >= 0.6 is 0 Å². The van der Waals surface area contributed by atoms with Gasteiger partial charge in [-0.05, 0) is 30.2 Å². The Hall–Kier alpha value is -2.30. The van der Waals surface area contributed by atoms with Gasteiger partial charge in [0.1, 0.15) is 0 Å². The average molecular weight is 256 g/mol. The number of anilines is 2. The number of nitrogens with zero attached hydrogens (tertiary/aromatic N) is 2. The average Bonchev–Trinajstić information content (AvgIpc) is 3.07. The van der Waals surface area contributed by atoms with Gasteiger partial charge in [-0.3, -0.25) is 4.79 Å². The fourth-order valence-corrected chi connectivity index (χ4v) is 2.26. The molecule has 0 saturated carbocycles. The van der Waals surface area contributed by atoms with Crippen LogP contribution in [0.25, 0.3) is 0 Å². The summed E-state index contributed by atoms with van der Waals surface area (Å²) < 4.78 is 1.90. The molecule has 1 aliphatic rings. The van der Waals surface area contributed by atoms with Crippen molar-refractivity contribution in [3.8, 4) is 0 Å². The van der Waals surface area contributed by atoms with E-state index in [4.69, 9.17) is 0 Å².